The van der Waals surface area contributed by atoms with Crippen LogP contribution in [0.1, 0.15) is 18.5 Å². The summed E-state index contributed by atoms with van der Waals surface area (Å²) in [6.07, 6.45) is 0. The summed E-state index contributed by atoms with van der Waals surface area (Å²) >= 11 is 0. The topological polar surface area (TPSA) is 41.5 Å². The minimum absolute atomic E-state index is 0.00711. The molecule has 0 aliphatic heterocycles. The summed E-state index contributed by atoms with van der Waals surface area (Å²) in [5, 5.41) is 12.4. The van der Waals surface area contributed by atoms with Gasteiger partial charge in [0.2, 0.25) is 0 Å². The van der Waals surface area contributed by atoms with E-state index in [-0.39, 0.29) is 23.2 Å². The van der Waals surface area contributed by atoms with E-state index >= 15 is 0 Å². The van der Waals surface area contributed by atoms with E-state index in [1.165, 1.54) is 13.2 Å². The maximum Gasteiger partial charge on any atom is 0.194 e. The van der Waals surface area contributed by atoms with E-state index < -0.39 is 17.5 Å². The highest BCUT2D eigenvalue weighted by atomic mass is 19.2. The number of nitrogens with one attached hydrogen (secondary N) is 1. The van der Waals surface area contributed by atoms with Gasteiger partial charge in [0, 0.05) is 23.9 Å². The molecule has 21 heavy (non-hydrogen) atoms. The monoisotopic (exact) mass is 297 g/mol. The molecule has 2 aromatic carbocycles. The molecule has 1 atom stereocenters. The fourth-order valence-electron chi connectivity index (χ4n) is 1.94. The summed E-state index contributed by atoms with van der Waals surface area (Å²) < 4.78 is 44.2. The number of methoxy groups -OCH3 is 1. The lowest BCUT2D eigenvalue weighted by molar-refractivity contribution is 0.373. The zero-order chi connectivity index (χ0) is 15.6. The average molecular weight is 297 g/mol. The minimum Gasteiger partial charge on any atom is -0.504 e. The number of phenolic OH excluding ortho intramolecular Hbond substituents is 1. The van der Waals surface area contributed by atoms with Crippen molar-refractivity contribution < 1.29 is 23.0 Å². The lowest BCUT2D eigenvalue weighted by Gasteiger charge is -2.17. The van der Waals surface area contributed by atoms with Crippen LogP contribution in [0, 0.1) is 17.5 Å². The van der Waals surface area contributed by atoms with Crippen LogP contribution in [0.3, 0.4) is 0 Å². The Morgan fingerprint density at radius 3 is 2.29 bits per heavy atom. The van der Waals surface area contributed by atoms with Gasteiger partial charge in [-0.25, -0.2) is 13.2 Å². The quantitative estimate of drug-likeness (QED) is 0.838. The van der Waals surface area contributed by atoms with Gasteiger partial charge in [-0.1, -0.05) is 6.07 Å². The van der Waals surface area contributed by atoms with Crippen LogP contribution < -0.4 is 10.1 Å². The number of halogens is 3. The predicted octanol–water partition coefficient (Wildman–Crippen LogP) is 3.99. The van der Waals surface area contributed by atoms with Gasteiger partial charge >= 0.3 is 0 Å². The van der Waals surface area contributed by atoms with E-state index in [0.29, 0.717) is 0 Å². The summed E-state index contributed by atoms with van der Waals surface area (Å²) in [6, 6.07) is 6.13. The van der Waals surface area contributed by atoms with E-state index in [1.54, 1.807) is 19.1 Å². The highest BCUT2D eigenvalue weighted by Gasteiger charge is 2.13. The van der Waals surface area contributed by atoms with Gasteiger partial charge in [-0.3, -0.25) is 0 Å². The smallest absolute Gasteiger partial charge is 0.194 e. The molecule has 2 rings (SSSR count). The molecule has 0 spiro atoms. The van der Waals surface area contributed by atoms with Crippen molar-refractivity contribution in [3.05, 3.63) is 53.3 Å². The molecule has 0 saturated carbocycles. The van der Waals surface area contributed by atoms with Crippen molar-refractivity contribution in [2.45, 2.75) is 13.0 Å². The molecule has 0 aliphatic rings. The van der Waals surface area contributed by atoms with Crippen LogP contribution >= 0.6 is 0 Å². The second-order valence-corrected chi connectivity index (χ2v) is 4.55. The molecule has 0 fully saturated rings. The van der Waals surface area contributed by atoms with Crippen LogP contribution in [0.15, 0.2) is 30.3 Å². The molecule has 0 heterocycles. The molecule has 6 heteroatoms. The van der Waals surface area contributed by atoms with Crippen LogP contribution in [-0.4, -0.2) is 12.2 Å². The Bertz CT molecular complexity index is 638. The molecule has 2 N–H and O–H groups in total. The summed E-state index contributed by atoms with van der Waals surface area (Å²) in [5.74, 6) is -3.73. The summed E-state index contributed by atoms with van der Waals surface area (Å²) in [7, 11) is 1.42. The highest BCUT2D eigenvalue weighted by Crippen LogP contribution is 2.30. The molecule has 0 radical (unpaired) electrons. The van der Waals surface area contributed by atoms with Gasteiger partial charge in [-0.15, -0.1) is 0 Å². The highest BCUT2D eigenvalue weighted by molar-refractivity contribution is 5.48. The summed E-state index contributed by atoms with van der Waals surface area (Å²) in [6.45, 7) is 1.75. The number of aromatic hydroxyl groups is 1. The van der Waals surface area contributed by atoms with Crippen molar-refractivity contribution >= 4 is 5.69 Å². The largest absolute Gasteiger partial charge is 0.504 e. The number of phenols is 1. The second kappa shape index (κ2) is 5.95. The van der Waals surface area contributed by atoms with E-state index in [4.69, 9.17) is 4.74 Å². The van der Waals surface area contributed by atoms with Gasteiger partial charge in [-0.2, -0.15) is 0 Å². The Balaban J connectivity index is 2.23. The Morgan fingerprint density at radius 1 is 1.10 bits per heavy atom. The standard InChI is InChI=1S/C15H14F3NO2/c1-8(9-3-4-13(20)14(5-9)21-2)19-10-6-11(16)15(18)12(17)7-10/h3-8,19-20H,1-2H3. The molecule has 0 aromatic heterocycles. The van der Waals surface area contributed by atoms with Crippen molar-refractivity contribution in [1.29, 1.82) is 0 Å². The normalized spacial score (nSPS) is 12.0. The first-order valence-corrected chi connectivity index (χ1v) is 6.20. The Hall–Kier alpha value is -2.37. The maximum absolute atomic E-state index is 13.2. The number of rotatable bonds is 4. The molecule has 3 nitrogen and oxygen atoms in total. The zero-order valence-corrected chi connectivity index (χ0v) is 11.5. The van der Waals surface area contributed by atoms with Crippen LogP contribution in [0.5, 0.6) is 11.5 Å². The van der Waals surface area contributed by atoms with Crippen molar-refractivity contribution in [3.8, 4) is 11.5 Å². The van der Waals surface area contributed by atoms with Gasteiger partial charge in [0.25, 0.3) is 0 Å². The Morgan fingerprint density at radius 2 is 1.71 bits per heavy atom. The van der Waals surface area contributed by atoms with Crippen molar-refractivity contribution in [2.24, 2.45) is 0 Å². The third-order valence-electron chi connectivity index (χ3n) is 3.07. The van der Waals surface area contributed by atoms with Crippen LogP contribution in [0.25, 0.3) is 0 Å². The van der Waals surface area contributed by atoms with Gasteiger partial charge in [0.1, 0.15) is 0 Å². The first-order chi connectivity index (χ1) is 9.92. The van der Waals surface area contributed by atoms with Crippen LogP contribution in [0.4, 0.5) is 18.9 Å². The molecule has 112 valence electrons. The number of benzene rings is 2. The number of hydrogen-bond acceptors (Lipinski definition) is 3. The molecular weight excluding hydrogens is 283 g/mol. The summed E-state index contributed by atoms with van der Waals surface area (Å²) in [4.78, 5) is 0. The van der Waals surface area contributed by atoms with Gasteiger partial charge in [0.15, 0.2) is 29.0 Å². The minimum atomic E-state index is -1.50. The molecular formula is C15H14F3NO2. The van der Waals surface area contributed by atoms with Gasteiger partial charge in [-0.05, 0) is 24.6 Å². The lowest BCUT2D eigenvalue weighted by Crippen LogP contribution is -2.08. The van der Waals surface area contributed by atoms with Crippen molar-refractivity contribution in [2.75, 3.05) is 12.4 Å². The fourth-order valence-corrected chi connectivity index (χ4v) is 1.94. The zero-order valence-electron chi connectivity index (χ0n) is 11.5. The molecule has 0 aliphatic carbocycles. The molecule has 1 unspecified atom stereocenters. The number of hydrogen-bond donors (Lipinski definition) is 2. The molecule has 2 aromatic rings. The van der Waals surface area contributed by atoms with Crippen LogP contribution in [-0.2, 0) is 0 Å². The first-order valence-electron chi connectivity index (χ1n) is 6.20. The molecule has 0 saturated heterocycles. The first kappa shape index (κ1) is 15.0. The number of ether oxygens (including phenoxy) is 1. The lowest BCUT2D eigenvalue weighted by atomic mass is 10.1. The Kier molecular flexibility index (Phi) is 4.26. The van der Waals surface area contributed by atoms with Gasteiger partial charge in [0.05, 0.1) is 7.11 Å². The van der Waals surface area contributed by atoms with Gasteiger partial charge < -0.3 is 15.2 Å². The third-order valence-corrected chi connectivity index (χ3v) is 3.07. The molecule has 0 amide bonds. The fraction of sp³-hybridized carbons (Fsp3) is 0.200. The van der Waals surface area contributed by atoms with E-state index in [1.807, 2.05) is 0 Å². The molecule has 0 bridgehead atoms. The van der Waals surface area contributed by atoms with E-state index in [0.717, 1.165) is 17.7 Å². The maximum atomic E-state index is 13.2. The van der Waals surface area contributed by atoms with E-state index in [9.17, 15) is 18.3 Å². The van der Waals surface area contributed by atoms with Crippen molar-refractivity contribution in [1.82, 2.24) is 0 Å². The SMILES string of the molecule is COc1cc(C(C)Nc2cc(F)c(F)c(F)c2)ccc1O. The third kappa shape index (κ3) is 3.21. The Labute approximate surface area is 120 Å². The van der Waals surface area contributed by atoms with E-state index in [2.05, 4.69) is 5.32 Å². The summed E-state index contributed by atoms with van der Waals surface area (Å²) in [5.41, 5.74) is 0.848. The predicted molar refractivity (Wildman–Crippen MR) is 73.0 cm³/mol. The van der Waals surface area contributed by atoms with Crippen molar-refractivity contribution in [3.63, 3.8) is 0 Å². The average Bonchev–Trinajstić information content (AvgIpc) is 2.45. The van der Waals surface area contributed by atoms with Crippen LogP contribution in [0.2, 0.25) is 0 Å². The number of anilines is 1. The second-order valence-electron chi connectivity index (χ2n) is 4.55.